The maximum atomic E-state index is 13.1. The molecule has 122 valence electrons. The summed E-state index contributed by atoms with van der Waals surface area (Å²) in [6.07, 6.45) is 0. The number of likely N-dealkylation sites (N-methyl/N-ethyl adjacent to an activating group) is 2. The third kappa shape index (κ3) is 5.07. The standard InChI is InChI=1S/C18H21FN2O2/c1-20-9-10-21(2)18(22)15-6-3-5-14(11-15)13-23-17-8-4-7-16(19)12-17/h3-8,11-12,20H,9-10,13H2,1-2H3. The summed E-state index contributed by atoms with van der Waals surface area (Å²) in [6, 6.07) is 13.3. The van der Waals surface area contributed by atoms with Crippen LogP contribution in [0.4, 0.5) is 4.39 Å². The fraction of sp³-hybridized carbons (Fsp3) is 0.278. The molecule has 0 saturated carbocycles. The van der Waals surface area contributed by atoms with Gasteiger partial charge in [0.05, 0.1) is 0 Å². The van der Waals surface area contributed by atoms with Gasteiger partial charge in [-0.15, -0.1) is 0 Å². The van der Waals surface area contributed by atoms with Crippen molar-refractivity contribution in [1.29, 1.82) is 0 Å². The van der Waals surface area contributed by atoms with Crippen molar-refractivity contribution in [2.45, 2.75) is 6.61 Å². The number of amides is 1. The molecule has 0 radical (unpaired) electrons. The lowest BCUT2D eigenvalue weighted by molar-refractivity contribution is 0.0796. The van der Waals surface area contributed by atoms with Crippen LogP contribution in [0, 0.1) is 5.82 Å². The molecule has 0 unspecified atom stereocenters. The molecular formula is C18H21FN2O2. The molecule has 0 aliphatic rings. The lowest BCUT2D eigenvalue weighted by Gasteiger charge is -2.17. The number of ether oxygens (including phenoxy) is 1. The quantitative estimate of drug-likeness (QED) is 0.854. The van der Waals surface area contributed by atoms with Crippen LogP contribution in [-0.2, 0) is 6.61 Å². The molecule has 23 heavy (non-hydrogen) atoms. The van der Waals surface area contributed by atoms with Crippen molar-refractivity contribution < 1.29 is 13.9 Å². The van der Waals surface area contributed by atoms with Gasteiger partial charge in [0.2, 0.25) is 0 Å². The highest BCUT2D eigenvalue weighted by atomic mass is 19.1. The van der Waals surface area contributed by atoms with Crippen molar-refractivity contribution in [3.05, 3.63) is 65.5 Å². The molecule has 0 aliphatic heterocycles. The van der Waals surface area contributed by atoms with Crippen LogP contribution in [0.25, 0.3) is 0 Å². The zero-order valence-corrected chi connectivity index (χ0v) is 13.4. The Labute approximate surface area is 135 Å². The SMILES string of the molecule is CNCCN(C)C(=O)c1cccc(COc2cccc(F)c2)c1. The Morgan fingerprint density at radius 3 is 2.74 bits per heavy atom. The number of hydrogen-bond acceptors (Lipinski definition) is 3. The number of halogens is 1. The second-order valence-corrected chi connectivity index (χ2v) is 5.28. The minimum Gasteiger partial charge on any atom is -0.489 e. The predicted octanol–water partition coefficient (Wildman–Crippen LogP) is 2.70. The van der Waals surface area contributed by atoms with Gasteiger partial charge in [-0.1, -0.05) is 18.2 Å². The number of hydrogen-bond donors (Lipinski definition) is 1. The second kappa shape index (κ2) is 8.29. The van der Waals surface area contributed by atoms with Gasteiger partial charge in [-0.3, -0.25) is 4.79 Å². The minimum atomic E-state index is -0.336. The van der Waals surface area contributed by atoms with Crippen LogP contribution in [0.15, 0.2) is 48.5 Å². The van der Waals surface area contributed by atoms with Gasteiger partial charge in [0.1, 0.15) is 18.2 Å². The van der Waals surface area contributed by atoms with Crippen LogP contribution in [0.3, 0.4) is 0 Å². The number of nitrogens with one attached hydrogen (secondary N) is 1. The lowest BCUT2D eigenvalue weighted by atomic mass is 10.1. The topological polar surface area (TPSA) is 41.6 Å². The van der Waals surface area contributed by atoms with Gasteiger partial charge < -0.3 is 15.0 Å². The third-order valence-corrected chi connectivity index (χ3v) is 3.42. The summed E-state index contributed by atoms with van der Waals surface area (Å²) in [5, 5.41) is 3.01. The first-order valence-corrected chi connectivity index (χ1v) is 7.47. The van der Waals surface area contributed by atoms with Gasteiger partial charge in [-0.25, -0.2) is 4.39 Å². The van der Waals surface area contributed by atoms with Crippen molar-refractivity contribution >= 4 is 5.91 Å². The van der Waals surface area contributed by atoms with Crippen molar-refractivity contribution in [3.63, 3.8) is 0 Å². The highest BCUT2D eigenvalue weighted by Crippen LogP contribution is 2.15. The smallest absolute Gasteiger partial charge is 0.253 e. The number of rotatable bonds is 7. The first-order valence-electron chi connectivity index (χ1n) is 7.47. The molecule has 4 nitrogen and oxygen atoms in total. The summed E-state index contributed by atoms with van der Waals surface area (Å²) in [7, 11) is 3.62. The van der Waals surface area contributed by atoms with E-state index in [2.05, 4.69) is 5.32 Å². The van der Waals surface area contributed by atoms with E-state index in [1.807, 2.05) is 19.2 Å². The Balaban J connectivity index is 2.00. The third-order valence-electron chi connectivity index (χ3n) is 3.42. The number of benzene rings is 2. The van der Waals surface area contributed by atoms with E-state index < -0.39 is 0 Å². The molecule has 0 heterocycles. The first kappa shape index (κ1) is 17.0. The Morgan fingerprint density at radius 1 is 1.22 bits per heavy atom. The summed E-state index contributed by atoms with van der Waals surface area (Å²) in [6.45, 7) is 1.66. The van der Waals surface area contributed by atoms with Gasteiger partial charge in [-0.2, -0.15) is 0 Å². The molecular weight excluding hydrogens is 295 g/mol. The maximum Gasteiger partial charge on any atom is 0.253 e. The highest BCUT2D eigenvalue weighted by Gasteiger charge is 2.11. The molecule has 2 aromatic rings. The van der Waals surface area contributed by atoms with E-state index in [1.54, 1.807) is 36.2 Å². The van der Waals surface area contributed by atoms with E-state index in [-0.39, 0.29) is 18.3 Å². The van der Waals surface area contributed by atoms with Crippen molar-refractivity contribution in [2.24, 2.45) is 0 Å². The highest BCUT2D eigenvalue weighted by molar-refractivity contribution is 5.94. The Morgan fingerprint density at radius 2 is 2.00 bits per heavy atom. The van der Waals surface area contributed by atoms with Crippen molar-refractivity contribution in [3.8, 4) is 5.75 Å². The molecule has 0 saturated heterocycles. The largest absolute Gasteiger partial charge is 0.489 e. The average molecular weight is 316 g/mol. The van der Waals surface area contributed by atoms with E-state index >= 15 is 0 Å². The molecule has 1 N–H and O–H groups in total. The first-order chi connectivity index (χ1) is 11.1. The molecule has 0 atom stereocenters. The number of carbonyl (C=O) groups excluding carboxylic acids is 1. The van der Waals surface area contributed by atoms with Gasteiger partial charge in [0, 0.05) is 31.8 Å². The summed E-state index contributed by atoms with van der Waals surface area (Å²) in [5.41, 5.74) is 1.48. The summed E-state index contributed by atoms with van der Waals surface area (Å²) in [4.78, 5) is 14.0. The fourth-order valence-corrected chi connectivity index (χ4v) is 2.12. The van der Waals surface area contributed by atoms with Crippen LogP contribution in [-0.4, -0.2) is 38.0 Å². The fourth-order valence-electron chi connectivity index (χ4n) is 2.12. The number of carbonyl (C=O) groups is 1. The van der Waals surface area contributed by atoms with Crippen LogP contribution in [0.5, 0.6) is 5.75 Å². The predicted molar refractivity (Wildman–Crippen MR) is 88.1 cm³/mol. The summed E-state index contributed by atoms with van der Waals surface area (Å²) >= 11 is 0. The monoisotopic (exact) mass is 316 g/mol. The van der Waals surface area contributed by atoms with Crippen LogP contribution in [0.2, 0.25) is 0 Å². The van der Waals surface area contributed by atoms with Crippen LogP contribution < -0.4 is 10.1 Å². The van der Waals surface area contributed by atoms with E-state index in [0.29, 0.717) is 17.9 Å². The van der Waals surface area contributed by atoms with Crippen LogP contribution >= 0.6 is 0 Å². The number of nitrogens with zero attached hydrogens (tertiary/aromatic N) is 1. The molecule has 0 bridgehead atoms. The van der Waals surface area contributed by atoms with Crippen molar-refractivity contribution in [1.82, 2.24) is 10.2 Å². The molecule has 5 heteroatoms. The van der Waals surface area contributed by atoms with Crippen LogP contribution in [0.1, 0.15) is 15.9 Å². The van der Waals surface area contributed by atoms with Gasteiger partial charge >= 0.3 is 0 Å². The zero-order chi connectivity index (χ0) is 16.7. The van der Waals surface area contributed by atoms with E-state index in [0.717, 1.165) is 12.1 Å². The van der Waals surface area contributed by atoms with Gasteiger partial charge in [-0.05, 0) is 36.9 Å². The Kier molecular flexibility index (Phi) is 6.11. The second-order valence-electron chi connectivity index (χ2n) is 5.28. The lowest BCUT2D eigenvalue weighted by Crippen LogP contribution is -2.32. The summed E-state index contributed by atoms with van der Waals surface area (Å²) < 4.78 is 18.7. The molecule has 0 spiro atoms. The van der Waals surface area contributed by atoms with Gasteiger partial charge in [0.15, 0.2) is 0 Å². The maximum absolute atomic E-state index is 13.1. The molecule has 0 aliphatic carbocycles. The van der Waals surface area contributed by atoms with E-state index in [1.165, 1.54) is 12.1 Å². The Bertz CT molecular complexity index is 661. The molecule has 2 aromatic carbocycles. The average Bonchev–Trinajstić information content (AvgIpc) is 2.57. The van der Waals surface area contributed by atoms with Crippen molar-refractivity contribution in [2.75, 3.05) is 27.2 Å². The normalized spacial score (nSPS) is 10.4. The molecule has 0 aromatic heterocycles. The van der Waals surface area contributed by atoms with E-state index in [4.69, 9.17) is 4.74 Å². The zero-order valence-electron chi connectivity index (χ0n) is 13.4. The molecule has 1 amide bonds. The molecule has 0 fully saturated rings. The van der Waals surface area contributed by atoms with Gasteiger partial charge in [0.25, 0.3) is 5.91 Å². The molecule has 2 rings (SSSR count). The Hall–Kier alpha value is -2.40. The van der Waals surface area contributed by atoms with E-state index in [9.17, 15) is 9.18 Å². The minimum absolute atomic E-state index is 0.0344. The summed E-state index contributed by atoms with van der Waals surface area (Å²) in [5.74, 6) is 0.0957.